The lowest BCUT2D eigenvalue weighted by atomic mass is 10.5. The molecule has 0 bridgehead atoms. The third-order valence-electron chi connectivity index (χ3n) is 1.47. The van der Waals surface area contributed by atoms with Crippen LogP contribution < -0.4 is 5.32 Å². The van der Waals surface area contributed by atoms with E-state index in [9.17, 15) is 0 Å². The summed E-state index contributed by atoms with van der Waals surface area (Å²) in [5.41, 5.74) is 4.03. The monoisotopic (exact) mass is 105 g/mol. The van der Waals surface area contributed by atoms with Gasteiger partial charge in [-0.05, 0) is 29.3 Å². The van der Waals surface area contributed by atoms with Crippen molar-refractivity contribution in [2.45, 2.75) is 0 Å². The molecule has 0 saturated heterocycles. The van der Waals surface area contributed by atoms with Gasteiger partial charge in [0.05, 0.1) is 0 Å². The van der Waals surface area contributed by atoms with Gasteiger partial charge in [0.15, 0.2) is 0 Å². The number of benzene rings is 1. The molecule has 0 amide bonds. The average molecular weight is 105 g/mol. The molecule has 0 aromatic heterocycles. The van der Waals surface area contributed by atoms with Crippen molar-refractivity contribution in [1.82, 2.24) is 0 Å². The Morgan fingerprint density at radius 1 is 1.12 bits per heavy atom. The number of hydrogen-bond acceptors (Lipinski definition) is 1. The molecular weight excluding hydrogens is 98.1 g/mol. The van der Waals surface area contributed by atoms with E-state index in [4.69, 9.17) is 0 Å². The molecule has 0 unspecified atom stereocenters. The van der Waals surface area contributed by atoms with Gasteiger partial charge in [-0.1, -0.05) is 0 Å². The van der Waals surface area contributed by atoms with Crippen LogP contribution >= 0.6 is 0 Å². The first-order valence-electron chi connectivity index (χ1n) is 2.73. The lowest BCUT2D eigenvalue weighted by molar-refractivity contribution is 1.56. The Kier molecular flexibility index (Phi) is 0.519. The molecule has 2 aliphatic rings. The van der Waals surface area contributed by atoms with Gasteiger partial charge in [-0.3, -0.25) is 0 Å². The zero-order valence-electron chi connectivity index (χ0n) is 4.73. The highest BCUT2D eigenvalue weighted by atomic mass is 14.8. The lowest BCUT2D eigenvalue weighted by Gasteiger charge is -1.88. The maximum absolute atomic E-state index is 3.07. The van der Waals surface area contributed by atoms with E-state index < -0.39 is 0 Å². The number of fused-ring (bicyclic) bond motifs is 1. The second-order valence-electron chi connectivity index (χ2n) is 2.05. The molecule has 0 saturated carbocycles. The first-order valence-corrected chi connectivity index (χ1v) is 2.73. The molecule has 1 N–H and O–H groups in total. The predicted molar refractivity (Wildman–Crippen MR) is 35.0 cm³/mol. The van der Waals surface area contributed by atoms with Crippen LogP contribution in [0.5, 0.6) is 0 Å². The minimum Gasteiger partial charge on any atom is -0.388 e. The fourth-order valence-electron chi connectivity index (χ4n) is 0.903. The summed E-state index contributed by atoms with van der Waals surface area (Å²) in [6.07, 6.45) is 0. The van der Waals surface area contributed by atoms with Crippen LogP contribution in [0.4, 0.5) is 5.69 Å². The van der Waals surface area contributed by atoms with Crippen LogP contribution in [0, 0.1) is 0 Å². The molecule has 1 heteroatoms. The Morgan fingerprint density at radius 2 is 1.75 bits per heavy atom. The Morgan fingerprint density at radius 3 is 2.12 bits per heavy atom. The Labute approximate surface area is 48.3 Å². The number of anilines is 1. The highest BCUT2D eigenvalue weighted by Gasteiger charge is 2.12. The predicted octanol–water partition coefficient (Wildman–Crippen LogP) is 1.71. The summed E-state index contributed by atoms with van der Waals surface area (Å²) in [7, 11) is 1.94. The first kappa shape index (κ1) is 3.96. The van der Waals surface area contributed by atoms with Gasteiger partial charge in [0.1, 0.15) is 0 Å². The molecule has 0 radical (unpaired) electrons. The number of hydrogen-bond donors (Lipinski definition) is 1. The highest BCUT2D eigenvalue weighted by Crippen LogP contribution is 2.38. The fourth-order valence-corrected chi connectivity index (χ4v) is 0.903. The van der Waals surface area contributed by atoms with Crippen molar-refractivity contribution in [2.24, 2.45) is 0 Å². The molecule has 8 heavy (non-hydrogen) atoms. The van der Waals surface area contributed by atoms with E-state index in [1.165, 1.54) is 16.8 Å². The summed E-state index contributed by atoms with van der Waals surface area (Å²) in [5.74, 6) is 0. The van der Waals surface area contributed by atoms with Crippen molar-refractivity contribution >= 4 is 5.69 Å². The van der Waals surface area contributed by atoms with Gasteiger partial charge in [-0.2, -0.15) is 0 Å². The van der Waals surface area contributed by atoms with Crippen molar-refractivity contribution in [2.75, 3.05) is 12.4 Å². The maximum Gasteiger partial charge on any atom is 0.0350 e. The second kappa shape index (κ2) is 1.05. The maximum atomic E-state index is 3.07. The smallest absolute Gasteiger partial charge is 0.0350 e. The Bertz CT molecular complexity index is 208. The van der Waals surface area contributed by atoms with Crippen LogP contribution in [-0.2, 0) is 0 Å². The average Bonchev–Trinajstić information content (AvgIpc) is 2.40. The van der Waals surface area contributed by atoms with E-state index in [-0.39, 0.29) is 0 Å². The lowest BCUT2D eigenvalue weighted by Crippen LogP contribution is -1.81. The standard InChI is InChI=1S/C7H7N/c1-8-7-3-5-2-6(5)4-7/h2-4,8H,1H3. The van der Waals surface area contributed by atoms with Crippen molar-refractivity contribution in [3.05, 3.63) is 18.2 Å². The van der Waals surface area contributed by atoms with Crippen molar-refractivity contribution in [1.29, 1.82) is 0 Å². The molecule has 0 aromatic carbocycles. The zero-order valence-corrected chi connectivity index (χ0v) is 4.73. The largest absolute Gasteiger partial charge is 0.388 e. The van der Waals surface area contributed by atoms with Crippen molar-refractivity contribution < 1.29 is 0 Å². The van der Waals surface area contributed by atoms with Gasteiger partial charge in [0.2, 0.25) is 0 Å². The van der Waals surface area contributed by atoms with Gasteiger partial charge in [0.25, 0.3) is 0 Å². The highest BCUT2D eigenvalue weighted by molar-refractivity contribution is 5.86. The van der Waals surface area contributed by atoms with Gasteiger partial charge >= 0.3 is 0 Å². The van der Waals surface area contributed by atoms with Crippen LogP contribution in [0.15, 0.2) is 18.2 Å². The van der Waals surface area contributed by atoms with Crippen LogP contribution in [0.1, 0.15) is 0 Å². The molecular formula is C7H7N. The van der Waals surface area contributed by atoms with Crippen LogP contribution in [0.3, 0.4) is 0 Å². The fraction of sp³-hybridized carbons (Fsp3) is 0.143. The molecule has 0 fully saturated rings. The van der Waals surface area contributed by atoms with Crippen molar-refractivity contribution in [3.8, 4) is 11.1 Å². The summed E-state index contributed by atoms with van der Waals surface area (Å²) in [6.45, 7) is 0. The van der Waals surface area contributed by atoms with Gasteiger partial charge in [-0.15, -0.1) is 0 Å². The summed E-state index contributed by atoms with van der Waals surface area (Å²) >= 11 is 0. The molecule has 1 nitrogen and oxygen atoms in total. The molecule has 2 rings (SSSR count). The van der Waals surface area contributed by atoms with Gasteiger partial charge in [-0.25, -0.2) is 0 Å². The van der Waals surface area contributed by atoms with Gasteiger partial charge < -0.3 is 5.32 Å². The SMILES string of the molecule is CNc1cc2cc-2c1. The summed E-state index contributed by atoms with van der Waals surface area (Å²) < 4.78 is 0. The van der Waals surface area contributed by atoms with E-state index >= 15 is 0 Å². The topological polar surface area (TPSA) is 12.0 Å². The van der Waals surface area contributed by atoms with Crippen LogP contribution in [-0.4, -0.2) is 7.05 Å². The van der Waals surface area contributed by atoms with E-state index in [0.717, 1.165) is 0 Å². The molecule has 0 spiro atoms. The normalized spacial score (nSPS) is 11.1. The molecule has 40 valence electrons. The van der Waals surface area contributed by atoms with Gasteiger partial charge in [0, 0.05) is 12.7 Å². The zero-order chi connectivity index (χ0) is 5.56. The molecule has 0 aromatic rings. The minimum atomic E-state index is 1.23. The quantitative estimate of drug-likeness (QED) is 0.582. The van der Waals surface area contributed by atoms with Crippen molar-refractivity contribution in [3.63, 3.8) is 0 Å². The molecule has 2 aliphatic carbocycles. The molecule has 0 atom stereocenters. The summed E-state index contributed by atoms with van der Waals surface area (Å²) in [5, 5.41) is 3.07. The second-order valence-corrected chi connectivity index (χ2v) is 2.05. The van der Waals surface area contributed by atoms with Crippen LogP contribution in [0.25, 0.3) is 11.1 Å². The third kappa shape index (κ3) is 0.360. The van der Waals surface area contributed by atoms with Crippen LogP contribution in [0.2, 0.25) is 0 Å². The summed E-state index contributed by atoms with van der Waals surface area (Å²) in [6, 6.07) is 6.46. The number of nitrogens with one attached hydrogen (secondary N) is 1. The molecule has 0 heterocycles. The first-order chi connectivity index (χ1) is 3.90. The van der Waals surface area contributed by atoms with E-state index in [1.54, 1.807) is 0 Å². The molecule has 0 aliphatic heterocycles. The third-order valence-corrected chi connectivity index (χ3v) is 1.47. The van der Waals surface area contributed by atoms with E-state index in [2.05, 4.69) is 23.5 Å². The number of rotatable bonds is 1. The minimum absolute atomic E-state index is 1.23. The Balaban J connectivity index is 2.45. The van der Waals surface area contributed by atoms with E-state index in [0.29, 0.717) is 0 Å². The van der Waals surface area contributed by atoms with E-state index in [1.807, 2.05) is 7.05 Å². The summed E-state index contributed by atoms with van der Waals surface area (Å²) in [4.78, 5) is 0. The Hall–Kier alpha value is -0.980.